The van der Waals surface area contributed by atoms with E-state index in [9.17, 15) is 20.4 Å². The normalized spacial score (nSPS) is 37.3. The molecule has 4 N–H and O–H groups in total. The molecule has 24 heavy (non-hydrogen) atoms. The molecule has 5 heteroatoms. The van der Waals surface area contributed by atoms with Crippen LogP contribution in [-0.2, 0) is 0 Å². The summed E-state index contributed by atoms with van der Waals surface area (Å²) in [5, 5.41) is 40.6. The highest BCUT2D eigenvalue weighted by molar-refractivity contribution is 5.24. The minimum absolute atomic E-state index is 0.0447. The van der Waals surface area contributed by atoms with Crippen molar-refractivity contribution in [3.63, 3.8) is 0 Å². The molecule has 0 unspecified atom stereocenters. The van der Waals surface area contributed by atoms with Crippen LogP contribution in [0.4, 0.5) is 0 Å². The lowest BCUT2D eigenvalue weighted by Gasteiger charge is -2.46. The predicted molar refractivity (Wildman–Crippen MR) is 94.5 cm³/mol. The minimum Gasteiger partial charge on any atom is -0.390 e. The highest BCUT2D eigenvalue weighted by atomic mass is 16.3. The number of piperidine rings is 1. The number of hydrogen-bond donors (Lipinski definition) is 4. The second-order valence-electron chi connectivity index (χ2n) is 7.85. The van der Waals surface area contributed by atoms with Crippen LogP contribution in [0, 0.1) is 5.92 Å². The summed E-state index contributed by atoms with van der Waals surface area (Å²) in [6.07, 6.45) is 4.26. The second kappa shape index (κ2) is 7.67. The Morgan fingerprint density at radius 2 is 2.04 bits per heavy atom. The smallest absolute Gasteiger partial charge is 0.107 e. The molecule has 0 saturated carbocycles. The van der Waals surface area contributed by atoms with Gasteiger partial charge in [-0.1, -0.05) is 19.1 Å². The van der Waals surface area contributed by atoms with Crippen molar-refractivity contribution in [2.75, 3.05) is 13.1 Å². The Bertz CT molecular complexity index is 498. The Labute approximate surface area is 145 Å². The van der Waals surface area contributed by atoms with Crippen molar-refractivity contribution < 1.29 is 20.4 Å². The van der Waals surface area contributed by atoms with E-state index in [4.69, 9.17) is 0 Å². The zero-order valence-electron chi connectivity index (χ0n) is 15.3. The molecule has 0 aromatic rings. The summed E-state index contributed by atoms with van der Waals surface area (Å²) in [7, 11) is 0. The van der Waals surface area contributed by atoms with Crippen LogP contribution < -0.4 is 0 Å². The van der Waals surface area contributed by atoms with E-state index in [1.54, 1.807) is 13.8 Å². The molecule has 5 nitrogen and oxygen atoms in total. The van der Waals surface area contributed by atoms with Gasteiger partial charge in [0.2, 0.25) is 0 Å². The Kier molecular flexibility index (Phi) is 6.26. The first-order valence-corrected chi connectivity index (χ1v) is 9.02. The van der Waals surface area contributed by atoms with Gasteiger partial charge in [0.25, 0.3) is 0 Å². The molecule has 2 aliphatic heterocycles. The van der Waals surface area contributed by atoms with Crippen LogP contribution in [0.1, 0.15) is 47.0 Å². The van der Waals surface area contributed by atoms with Crippen molar-refractivity contribution >= 4 is 0 Å². The number of aliphatic hydroxyl groups excluding tert-OH is 3. The summed E-state index contributed by atoms with van der Waals surface area (Å²) < 4.78 is 0. The average Bonchev–Trinajstić information content (AvgIpc) is 2.98. The Balaban J connectivity index is 2.05. The molecule has 0 amide bonds. The maximum absolute atomic E-state index is 10.7. The van der Waals surface area contributed by atoms with E-state index in [2.05, 4.69) is 11.8 Å². The molecule has 2 heterocycles. The maximum atomic E-state index is 10.7. The van der Waals surface area contributed by atoms with Gasteiger partial charge in [0.1, 0.15) is 17.8 Å². The van der Waals surface area contributed by atoms with Gasteiger partial charge in [-0.25, -0.2) is 0 Å². The lowest BCUT2D eigenvalue weighted by atomic mass is 9.80. The lowest BCUT2D eigenvalue weighted by Crippen LogP contribution is -2.61. The van der Waals surface area contributed by atoms with Crippen LogP contribution in [0.5, 0.6) is 0 Å². The van der Waals surface area contributed by atoms with Crippen molar-refractivity contribution in [2.24, 2.45) is 5.92 Å². The highest BCUT2D eigenvalue weighted by Gasteiger charge is 2.49. The number of allylic oxidation sites excluding steroid dienone is 2. The first kappa shape index (κ1) is 19.6. The van der Waals surface area contributed by atoms with E-state index in [-0.39, 0.29) is 12.0 Å². The van der Waals surface area contributed by atoms with Gasteiger partial charge in [0.05, 0.1) is 6.10 Å². The summed E-state index contributed by atoms with van der Waals surface area (Å²) in [5.41, 5.74) is 0.535. The minimum atomic E-state index is -1.10. The fourth-order valence-corrected chi connectivity index (χ4v) is 4.01. The fraction of sp³-hybridized carbons (Fsp3) is 0.789. The zero-order valence-corrected chi connectivity index (χ0v) is 15.3. The fourth-order valence-electron chi connectivity index (χ4n) is 4.01. The van der Waals surface area contributed by atoms with E-state index >= 15 is 0 Å². The van der Waals surface area contributed by atoms with Crippen molar-refractivity contribution in [3.8, 4) is 0 Å². The molecule has 6 atom stereocenters. The number of aliphatic hydroxyl groups is 4. The average molecular weight is 339 g/mol. The molecular formula is C19H33NO4. The van der Waals surface area contributed by atoms with Crippen molar-refractivity contribution in [2.45, 2.75) is 76.9 Å². The molecule has 2 aliphatic rings. The standard InChI is InChI=1S/C19H33NO4/c1-12(7-8-13(2)17(22)14(3)21)10-15-11-20-9-5-6-16(20)19(4,24)18(15)23/h8,10,12,14,16-18,21-24H,5-7,9,11H2,1-4H3/b13-8+,15-10+/t12-,14-,16+,17-,18-,19-/m1/s1. The third kappa shape index (κ3) is 4.09. The maximum Gasteiger partial charge on any atom is 0.107 e. The van der Waals surface area contributed by atoms with Gasteiger partial charge in [0.15, 0.2) is 0 Å². The SMILES string of the molecule is C/C(=C\C[C@@H](C)/C=C1\CN2CCC[C@H]2[C@@](C)(O)[C@@H]1O)[C@@H](O)[C@@H](C)O. The van der Waals surface area contributed by atoms with Crippen molar-refractivity contribution in [1.82, 2.24) is 4.90 Å². The Morgan fingerprint density at radius 3 is 2.67 bits per heavy atom. The van der Waals surface area contributed by atoms with E-state index < -0.39 is 23.9 Å². The summed E-state index contributed by atoms with van der Waals surface area (Å²) in [6.45, 7) is 8.86. The number of fused-ring (bicyclic) bond motifs is 1. The van der Waals surface area contributed by atoms with Gasteiger partial charge < -0.3 is 20.4 Å². The van der Waals surface area contributed by atoms with E-state index in [1.807, 2.05) is 19.1 Å². The summed E-state index contributed by atoms with van der Waals surface area (Å²) in [6, 6.07) is 0.0447. The van der Waals surface area contributed by atoms with Gasteiger partial charge in [-0.05, 0) is 63.6 Å². The first-order valence-electron chi connectivity index (χ1n) is 9.02. The largest absolute Gasteiger partial charge is 0.390 e. The van der Waals surface area contributed by atoms with Gasteiger partial charge in [-0.2, -0.15) is 0 Å². The number of nitrogens with zero attached hydrogens (tertiary/aromatic N) is 1. The predicted octanol–water partition coefficient (Wildman–Crippen LogP) is 1.22. The Hall–Kier alpha value is -0.720. The van der Waals surface area contributed by atoms with Crippen LogP contribution in [0.15, 0.2) is 23.3 Å². The summed E-state index contributed by atoms with van der Waals surface area (Å²) in [4.78, 5) is 2.27. The molecular weight excluding hydrogens is 306 g/mol. The molecule has 0 bridgehead atoms. The van der Waals surface area contributed by atoms with Gasteiger partial charge >= 0.3 is 0 Å². The van der Waals surface area contributed by atoms with Crippen LogP contribution in [0.3, 0.4) is 0 Å². The van der Waals surface area contributed by atoms with Crippen LogP contribution >= 0.6 is 0 Å². The summed E-state index contributed by atoms with van der Waals surface area (Å²) in [5.74, 6) is 0.181. The Morgan fingerprint density at radius 1 is 1.38 bits per heavy atom. The molecule has 0 aromatic carbocycles. The molecule has 138 valence electrons. The van der Waals surface area contributed by atoms with E-state index in [1.165, 1.54) is 0 Å². The molecule has 0 spiro atoms. The van der Waals surface area contributed by atoms with Crippen molar-refractivity contribution in [1.29, 1.82) is 0 Å². The zero-order chi connectivity index (χ0) is 18.1. The molecule has 2 fully saturated rings. The molecule has 2 saturated heterocycles. The van der Waals surface area contributed by atoms with Gasteiger partial charge in [-0.3, -0.25) is 4.90 Å². The van der Waals surface area contributed by atoms with Crippen molar-refractivity contribution in [3.05, 3.63) is 23.3 Å². The van der Waals surface area contributed by atoms with Gasteiger partial charge in [0, 0.05) is 12.6 Å². The van der Waals surface area contributed by atoms with Crippen LogP contribution in [0.2, 0.25) is 0 Å². The second-order valence-corrected chi connectivity index (χ2v) is 7.85. The van der Waals surface area contributed by atoms with Gasteiger partial charge in [-0.15, -0.1) is 0 Å². The monoisotopic (exact) mass is 339 g/mol. The molecule has 2 rings (SSSR count). The lowest BCUT2D eigenvalue weighted by molar-refractivity contribution is -0.110. The van der Waals surface area contributed by atoms with E-state index in [0.29, 0.717) is 6.54 Å². The first-order chi connectivity index (χ1) is 11.1. The molecule has 0 radical (unpaired) electrons. The number of rotatable bonds is 5. The van der Waals surface area contributed by atoms with Crippen LogP contribution in [-0.4, -0.2) is 68.4 Å². The highest BCUT2D eigenvalue weighted by Crippen LogP contribution is 2.37. The third-order valence-electron chi connectivity index (χ3n) is 5.56. The quantitative estimate of drug-likeness (QED) is 0.566. The number of hydrogen-bond acceptors (Lipinski definition) is 5. The summed E-state index contributed by atoms with van der Waals surface area (Å²) >= 11 is 0. The molecule has 0 aromatic heterocycles. The third-order valence-corrected chi connectivity index (χ3v) is 5.56. The topological polar surface area (TPSA) is 84.2 Å². The van der Waals surface area contributed by atoms with E-state index in [0.717, 1.165) is 37.0 Å². The van der Waals surface area contributed by atoms with Crippen LogP contribution in [0.25, 0.3) is 0 Å². The molecule has 0 aliphatic carbocycles.